The third-order valence-corrected chi connectivity index (χ3v) is 1.88. The maximum absolute atomic E-state index is 11.3. The van der Waals surface area contributed by atoms with Gasteiger partial charge in [-0.25, -0.2) is 4.79 Å². The molecule has 1 rings (SSSR count). The molecule has 0 spiro atoms. The average Bonchev–Trinajstić information content (AvgIpc) is 2.74. The minimum Gasteiger partial charge on any atom is -0.462 e. The van der Waals surface area contributed by atoms with Crippen molar-refractivity contribution in [3.05, 3.63) is 29.2 Å². The number of ether oxygens (including phenoxy) is 1. The Morgan fingerprint density at radius 3 is 2.71 bits per heavy atom. The van der Waals surface area contributed by atoms with Gasteiger partial charge in [-0.2, -0.15) is 5.26 Å². The zero-order chi connectivity index (χ0) is 12.8. The molecule has 0 aliphatic carbocycles. The lowest BCUT2D eigenvalue weighted by molar-refractivity contribution is -0.137. The number of carbonyl (C=O) groups is 2. The molecule has 88 valence electrons. The molecule has 0 N–H and O–H groups in total. The summed E-state index contributed by atoms with van der Waals surface area (Å²) in [5.74, 6) is -0.493. The van der Waals surface area contributed by atoms with Crippen molar-refractivity contribution < 1.29 is 18.7 Å². The van der Waals surface area contributed by atoms with Gasteiger partial charge in [-0.3, -0.25) is 4.79 Å². The predicted octanol–water partition coefficient (Wildman–Crippen LogP) is 1.95. The largest absolute Gasteiger partial charge is 0.462 e. The van der Waals surface area contributed by atoms with Crippen LogP contribution < -0.4 is 0 Å². The van der Waals surface area contributed by atoms with Crippen LogP contribution in [-0.4, -0.2) is 18.4 Å². The molecule has 0 unspecified atom stereocenters. The van der Waals surface area contributed by atoms with E-state index < -0.39 is 5.97 Å². The molecule has 1 heterocycles. The van der Waals surface area contributed by atoms with E-state index in [2.05, 4.69) is 4.74 Å². The monoisotopic (exact) mass is 233 g/mol. The number of nitrogens with zero attached hydrogens (tertiary/aromatic N) is 1. The lowest BCUT2D eigenvalue weighted by Gasteiger charge is -1.97. The number of hydrogen-bond acceptors (Lipinski definition) is 5. The van der Waals surface area contributed by atoms with Crippen molar-refractivity contribution in [3.8, 4) is 6.07 Å². The van der Waals surface area contributed by atoms with Crippen molar-refractivity contribution in [2.45, 2.75) is 13.8 Å². The molecule has 5 heteroatoms. The first kappa shape index (κ1) is 12.7. The highest BCUT2D eigenvalue weighted by molar-refractivity contribution is 5.97. The SMILES string of the molecule is CCOC(=O)/C(C#N)=C/c1ccc(C(C)=O)o1. The molecule has 1 aromatic rings. The second-order valence-corrected chi connectivity index (χ2v) is 3.15. The van der Waals surface area contributed by atoms with Crippen LogP contribution in [0.25, 0.3) is 6.08 Å². The van der Waals surface area contributed by atoms with Gasteiger partial charge in [0.15, 0.2) is 11.5 Å². The zero-order valence-corrected chi connectivity index (χ0v) is 9.52. The number of rotatable bonds is 4. The Bertz CT molecular complexity index is 505. The summed E-state index contributed by atoms with van der Waals surface area (Å²) < 4.78 is 9.80. The van der Waals surface area contributed by atoms with Crippen LogP contribution in [0.3, 0.4) is 0 Å². The maximum atomic E-state index is 11.3. The van der Waals surface area contributed by atoms with Crippen molar-refractivity contribution >= 4 is 17.8 Å². The molecule has 1 aromatic heterocycles. The molecule has 0 aliphatic rings. The molecule has 0 bridgehead atoms. The van der Waals surface area contributed by atoms with Crippen molar-refractivity contribution in [1.82, 2.24) is 0 Å². The second-order valence-electron chi connectivity index (χ2n) is 3.15. The van der Waals surface area contributed by atoms with Crippen molar-refractivity contribution in [3.63, 3.8) is 0 Å². The molecule has 5 nitrogen and oxygen atoms in total. The summed E-state index contributed by atoms with van der Waals surface area (Å²) >= 11 is 0. The second kappa shape index (κ2) is 5.66. The molecule has 0 atom stereocenters. The first-order valence-electron chi connectivity index (χ1n) is 4.98. The number of ketones is 1. The van der Waals surface area contributed by atoms with E-state index in [0.29, 0.717) is 0 Å². The fraction of sp³-hybridized carbons (Fsp3) is 0.250. The summed E-state index contributed by atoms with van der Waals surface area (Å²) in [4.78, 5) is 22.3. The Balaban J connectivity index is 2.95. The fourth-order valence-electron chi connectivity index (χ4n) is 1.11. The van der Waals surface area contributed by atoms with Gasteiger partial charge in [-0.1, -0.05) is 0 Å². The van der Waals surface area contributed by atoms with Gasteiger partial charge in [0.25, 0.3) is 0 Å². The summed E-state index contributed by atoms with van der Waals surface area (Å²) in [7, 11) is 0. The fourth-order valence-corrected chi connectivity index (χ4v) is 1.11. The predicted molar refractivity (Wildman–Crippen MR) is 58.9 cm³/mol. The Kier molecular flexibility index (Phi) is 4.23. The quantitative estimate of drug-likeness (QED) is 0.343. The Hall–Kier alpha value is -2.35. The van der Waals surface area contributed by atoms with Crippen LogP contribution in [-0.2, 0) is 9.53 Å². The van der Waals surface area contributed by atoms with Crippen LogP contribution in [0.15, 0.2) is 22.1 Å². The number of esters is 1. The Morgan fingerprint density at radius 1 is 1.53 bits per heavy atom. The number of furan rings is 1. The lowest BCUT2D eigenvalue weighted by Crippen LogP contribution is -2.05. The summed E-state index contributed by atoms with van der Waals surface area (Å²) in [5, 5.41) is 8.77. The van der Waals surface area contributed by atoms with E-state index >= 15 is 0 Å². The number of Topliss-reactive ketones (excluding diaryl/α,β-unsaturated/α-hetero) is 1. The highest BCUT2D eigenvalue weighted by Crippen LogP contribution is 2.13. The number of hydrogen-bond donors (Lipinski definition) is 0. The van der Waals surface area contributed by atoms with E-state index in [0.717, 1.165) is 0 Å². The summed E-state index contributed by atoms with van der Waals surface area (Å²) in [6, 6.07) is 4.70. The highest BCUT2D eigenvalue weighted by Gasteiger charge is 2.12. The Labute approximate surface area is 98.3 Å². The molecule has 0 saturated heterocycles. The minimum atomic E-state index is -0.712. The van der Waals surface area contributed by atoms with Gasteiger partial charge in [0.1, 0.15) is 17.4 Å². The maximum Gasteiger partial charge on any atom is 0.349 e. The molecule has 0 fully saturated rings. The van der Waals surface area contributed by atoms with Crippen molar-refractivity contribution in [2.75, 3.05) is 6.61 Å². The van der Waals surface area contributed by atoms with Gasteiger partial charge in [-0.15, -0.1) is 0 Å². The van der Waals surface area contributed by atoms with Crippen LogP contribution in [0, 0.1) is 11.3 Å². The van der Waals surface area contributed by atoms with E-state index in [1.54, 1.807) is 13.0 Å². The van der Waals surface area contributed by atoms with Crippen molar-refractivity contribution in [2.24, 2.45) is 0 Å². The number of nitriles is 1. The molecule has 0 radical (unpaired) electrons. The van der Waals surface area contributed by atoms with Gasteiger partial charge >= 0.3 is 5.97 Å². The normalized spacial score (nSPS) is 10.8. The van der Waals surface area contributed by atoms with E-state index in [1.807, 2.05) is 0 Å². The smallest absolute Gasteiger partial charge is 0.349 e. The zero-order valence-electron chi connectivity index (χ0n) is 9.52. The van der Waals surface area contributed by atoms with Gasteiger partial charge in [0.2, 0.25) is 0 Å². The van der Waals surface area contributed by atoms with Gasteiger partial charge in [0.05, 0.1) is 6.61 Å². The molecule has 0 saturated carbocycles. The van der Waals surface area contributed by atoms with Gasteiger partial charge in [0, 0.05) is 13.0 Å². The van der Waals surface area contributed by atoms with Crippen LogP contribution in [0.2, 0.25) is 0 Å². The van der Waals surface area contributed by atoms with E-state index in [-0.39, 0.29) is 29.5 Å². The molecular formula is C12H11NO4. The average molecular weight is 233 g/mol. The molecule has 0 aliphatic heterocycles. The van der Waals surface area contributed by atoms with Crippen LogP contribution in [0.5, 0.6) is 0 Å². The lowest BCUT2D eigenvalue weighted by atomic mass is 10.2. The third kappa shape index (κ3) is 3.31. The Morgan fingerprint density at radius 2 is 2.24 bits per heavy atom. The first-order valence-corrected chi connectivity index (χ1v) is 4.98. The highest BCUT2D eigenvalue weighted by atomic mass is 16.5. The topological polar surface area (TPSA) is 80.3 Å². The molecule has 0 aromatic carbocycles. The van der Waals surface area contributed by atoms with Gasteiger partial charge < -0.3 is 9.15 Å². The van der Waals surface area contributed by atoms with Crippen LogP contribution in [0.4, 0.5) is 0 Å². The van der Waals surface area contributed by atoms with Crippen LogP contribution >= 0.6 is 0 Å². The summed E-state index contributed by atoms with van der Waals surface area (Å²) in [5.41, 5.74) is -0.170. The van der Waals surface area contributed by atoms with Crippen LogP contribution in [0.1, 0.15) is 30.2 Å². The van der Waals surface area contributed by atoms with Gasteiger partial charge in [-0.05, 0) is 19.1 Å². The first-order chi connectivity index (χ1) is 8.08. The summed E-state index contributed by atoms with van der Waals surface area (Å²) in [6.45, 7) is 3.20. The third-order valence-electron chi connectivity index (χ3n) is 1.88. The number of carbonyl (C=O) groups excluding carboxylic acids is 2. The van der Waals surface area contributed by atoms with E-state index in [4.69, 9.17) is 9.68 Å². The molecule has 17 heavy (non-hydrogen) atoms. The van der Waals surface area contributed by atoms with Crippen molar-refractivity contribution in [1.29, 1.82) is 5.26 Å². The minimum absolute atomic E-state index is 0.170. The van der Waals surface area contributed by atoms with E-state index in [1.165, 1.54) is 25.1 Å². The standard InChI is InChI=1S/C12H11NO4/c1-3-16-12(15)9(7-13)6-10-4-5-11(17-10)8(2)14/h4-6H,3H2,1-2H3/b9-6+. The molecule has 0 amide bonds. The van der Waals surface area contributed by atoms with E-state index in [9.17, 15) is 9.59 Å². The summed E-state index contributed by atoms with van der Waals surface area (Å²) in [6.07, 6.45) is 1.24. The molecular weight excluding hydrogens is 222 g/mol.